The topological polar surface area (TPSA) is 123 Å². The number of fused-ring (bicyclic) bond motifs is 1. The molecule has 0 aromatic carbocycles. The molecule has 0 unspecified atom stereocenters. The number of rotatable bonds is 7. The Hall–Kier alpha value is -4.09. The first-order chi connectivity index (χ1) is 16.0. The highest BCUT2D eigenvalue weighted by Crippen LogP contribution is 2.25. The maximum Gasteiger partial charge on any atom is 0.387 e. The van der Waals surface area contributed by atoms with Gasteiger partial charge in [-0.15, -0.1) is 0 Å². The first-order valence-corrected chi connectivity index (χ1v) is 10.4. The molecule has 10 nitrogen and oxygen atoms in total. The van der Waals surface area contributed by atoms with Crippen molar-refractivity contribution in [3.8, 4) is 11.4 Å². The lowest BCUT2D eigenvalue weighted by molar-refractivity contribution is -0.0503. The minimum Gasteiger partial charge on any atom is -0.432 e. The molecule has 1 fully saturated rings. The number of aromatic amines is 1. The molecule has 0 radical (unpaired) electrons. The van der Waals surface area contributed by atoms with Gasteiger partial charge in [-0.25, -0.2) is 15.0 Å². The Morgan fingerprint density at radius 3 is 2.55 bits per heavy atom. The van der Waals surface area contributed by atoms with Crippen LogP contribution in [0, 0.1) is 0 Å². The van der Waals surface area contributed by atoms with Crippen LogP contribution in [0.3, 0.4) is 0 Å². The molecular formula is C21H20F2N8O2. The van der Waals surface area contributed by atoms with Crippen molar-refractivity contribution in [2.75, 3.05) is 10.6 Å². The van der Waals surface area contributed by atoms with E-state index in [1.165, 1.54) is 17.0 Å². The number of pyridine rings is 2. The fraction of sp³-hybridized carbons (Fsp3) is 0.286. The van der Waals surface area contributed by atoms with E-state index < -0.39 is 6.61 Å². The van der Waals surface area contributed by atoms with Gasteiger partial charge in [-0.2, -0.15) is 13.9 Å². The summed E-state index contributed by atoms with van der Waals surface area (Å²) in [5.74, 6) is 0.997. The van der Waals surface area contributed by atoms with Gasteiger partial charge in [-0.1, -0.05) is 0 Å². The van der Waals surface area contributed by atoms with E-state index in [1.807, 2.05) is 18.2 Å². The lowest BCUT2D eigenvalue weighted by Gasteiger charge is -2.15. The number of aromatic nitrogens is 6. The standard InChI is InChI=1S/C21H20F2N8O2/c22-20(23)33-16-10-25-21(26-11-16)29-14-2-1-13(7-14)28-17-4-3-15(9-24-17)31-6-5-12-8-27-30-18(12)19(31)32/h3-6,8-11,13-14,20H,1-2,7H2,(H,24,28)(H,27,30)(H,25,26,29)/t13-,14-/m0/s1. The van der Waals surface area contributed by atoms with Crippen LogP contribution in [0.4, 0.5) is 20.5 Å². The summed E-state index contributed by atoms with van der Waals surface area (Å²) >= 11 is 0. The first kappa shape index (κ1) is 20.8. The summed E-state index contributed by atoms with van der Waals surface area (Å²) in [5, 5.41) is 14.0. The Balaban J connectivity index is 1.18. The molecule has 0 bridgehead atoms. The van der Waals surface area contributed by atoms with Gasteiger partial charge in [-0.3, -0.25) is 14.5 Å². The van der Waals surface area contributed by atoms with Crippen molar-refractivity contribution in [3.05, 3.63) is 59.5 Å². The molecule has 4 aromatic rings. The predicted molar refractivity (Wildman–Crippen MR) is 117 cm³/mol. The molecule has 3 N–H and O–H groups in total. The maximum atomic E-state index is 12.6. The minimum atomic E-state index is -2.90. The van der Waals surface area contributed by atoms with Crippen LogP contribution >= 0.6 is 0 Å². The van der Waals surface area contributed by atoms with Gasteiger partial charge < -0.3 is 15.4 Å². The van der Waals surface area contributed by atoms with Crippen LogP contribution in [-0.2, 0) is 0 Å². The number of alkyl halides is 2. The number of hydrogen-bond donors (Lipinski definition) is 3. The van der Waals surface area contributed by atoms with E-state index in [-0.39, 0.29) is 23.4 Å². The summed E-state index contributed by atoms with van der Waals surface area (Å²) in [6.45, 7) is -2.90. The third-order valence-corrected chi connectivity index (χ3v) is 5.50. The summed E-state index contributed by atoms with van der Waals surface area (Å²) in [7, 11) is 0. The van der Waals surface area contributed by atoms with Crippen molar-refractivity contribution in [1.29, 1.82) is 0 Å². The first-order valence-electron chi connectivity index (χ1n) is 10.4. The largest absolute Gasteiger partial charge is 0.432 e. The third-order valence-electron chi connectivity index (χ3n) is 5.50. The van der Waals surface area contributed by atoms with E-state index in [1.54, 1.807) is 18.6 Å². The third kappa shape index (κ3) is 4.59. The Labute approximate surface area is 186 Å². The SMILES string of the molecule is O=c1c2[nH]ncc2ccn1-c1ccc(N[C@H]2CC[C@H](Nc3ncc(OC(F)F)cn3)C2)nc1. The highest BCUT2D eigenvalue weighted by atomic mass is 19.3. The quantitative estimate of drug-likeness (QED) is 0.390. The Bertz CT molecular complexity index is 1290. The highest BCUT2D eigenvalue weighted by Gasteiger charge is 2.25. The zero-order valence-electron chi connectivity index (χ0n) is 17.3. The van der Waals surface area contributed by atoms with Gasteiger partial charge in [0, 0.05) is 23.7 Å². The van der Waals surface area contributed by atoms with Crippen molar-refractivity contribution in [2.45, 2.75) is 38.0 Å². The number of ether oxygens (including phenoxy) is 1. The molecular weight excluding hydrogens is 434 g/mol. The fourth-order valence-corrected chi connectivity index (χ4v) is 3.94. The van der Waals surface area contributed by atoms with Gasteiger partial charge in [0.1, 0.15) is 11.3 Å². The smallest absolute Gasteiger partial charge is 0.387 e. The average Bonchev–Trinajstić information content (AvgIpc) is 3.46. The maximum absolute atomic E-state index is 12.6. The zero-order valence-corrected chi connectivity index (χ0v) is 17.3. The van der Waals surface area contributed by atoms with E-state index in [4.69, 9.17) is 0 Å². The van der Waals surface area contributed by atoms with Crippen molar-refractivity contribution in [2.24, 2.45) is 0 Å². The van der Waals surface area contributed by atoms with Crippen molar-refractivity contribution < 1.29 is 13.5 Å². The summed E-state index contributed by atoms with van der Waals surface area (Å²) < 4.78 is 30.2. The molecule has 4 heterocycles. The van der Waals surface area contributed by atoms with Crippen LogP contribution in [-0.4, -0.2) is 48.4 Å². The number of anilines is 2. The van der Waals surface area contributed by atoms with E-state index in [0.717, 1.165) is 24.6 Å². The summed E-state index contributed by atoms with van der Waals surface area (Å²) in [6.07, 6.45) is 10.0. The number of H-pyrrole nitrogens is 1. The second kappa shape index (κ2) is 8.81. The number of nitrogens with one attached hydrogen (secondary N) is 3. The fourth-order valence-electron chi connectivity index (χ4n) is 3.94. The van der Waals surface area contributed by atoms with Crippen LogP contribution in [0.25, 0.3) is 16.6 Å². The molecule has 4 aromatic heterocycles. The van der Waals surface area contributed by atoms with Gasteiger partial charge in [0.05, 0.1) is 30.5 Å². The Kier molecular flexibility index (Phi) is 5.55. The summed E-state index contributed by atoms with van der Waals surface area (Å²) in [5.41, 5.74) is 0.919. The van der Waals surface area contributed by atoms with Crippen LogP contribution in [0.2, 0.25) is 0 Å². The molecule has 12 heteroatoms. The normalized spacial score (nSPS) is 18.0. The number of halogens is 2. The van der Waals surface area contributed by atoms with Gasteiger partial charge in [0.2, 0.25) is 5.95 Å². The molecule has 2 atom stereocenters. The average molecular weight is 454 g/mol. The van der Waals surface area contributed by atoms with Crippen molar-refractivity contribution in [3.63, 3.8) is 0 Å². The molecule has 33 heavy (non-hydrogen) atoms. The second-order valence-corrected chi connectivity index (χ2v) is 7.71. The molecule has 1 saturated carbocycles. The molecule has 0 amide bonds. The molecule has 0 spiro atoms. The van der Waals surface area contributed by atoms with E-state index in [2.05, 4.69) is 40.5 Å². The summed E-state index contributed by atoms with van der Waals surface area (Å²) in [6, 6.07) is 5.83. The highest BCUT2D eigenvalue weighted by molar-refractivity contribution is 5.76. The van der Waals surface area contributed by atoms with E-state index >= 15 is 0 Å². The van der Waals surface area contributed by atoms with Gasteiger partial charge >= 0.3 is 6.61 Å². The Morgan fingerprint density at radius 2 is 1.82 bits per heavy atom. The van der Waals surface area contributed by atoms with Crippen LogP contribution in [0.1, 0.15) is 19.3 Å². The van der Waals surface area contributed by atoms with Crippen LogP contribution in [0.15, 0.2) is 54.0 Å². The van der Waals surface area contributed by atoms with E-state index in [9.17, 15) is 13.6 Å². The van der Waals surface area contributed by atoms with Gasteiger partial charge in [-0.05, 0) is 37.5 Å². The van der Waals surface area contributed by atoms with Crippen molar-refractivity contribution >= 4 is 22.7 Å². The molecule has 0 saturated heterocycles. The molecule has 1 aliphatic rings. The van der Waals surface area contributed by atoms with Gasteiger partial charge in [0.25, 0.3) is 5.56 Å². The molecule has 5 rings (SSSR count). The van der Waals surface area contributed by atoms with Crippen LogP contribution in [0.5, 0.6) is 5.75 Å². The lowest BCUT2D eigenvalue weighted by atomic mass is 10.2. The second-order valence-electron chi connectivity index (χ2n) is 7.71. The predicted octanol–water partition coefficient (Wildman–Crippen LogP) is 2.95. The monoisotopic (exact) mass is 454 g/mol. The lowest BCUT2D eigenvalue weighted by Crippen LogP contribution is -2.22. The van der Waals surface area contributed by atoms with Crippen molar-refractivity contribution in [1.82, 2.24) is 29.7 Å². The number of hydrogen-bond acceptors (Lipinski definition) is 8. The van der Waals surface area contributed by atoms with Crippen LogP contribution < -0.4 is 20.9 Å². The summed E-state index contributed by atoms with van der Waals surface area (Å²) in [4.78, 5) is 25.1. The Morgan fingerprint density at radius 1 is 1.03 bits per heavy atom. The van der Waals surface area contributed by atoms with E-state index in [0.29, 0.717) is 23.0 Å². The molecule has 170 valence electrons. The number of nitrogens with zero attached hydrogens (tertiary/aromatic N) is 5. The molecule has 0 aliphatic heterocycles. The van der Waals surface area contributed by atoms with Gasteiger partial charge in [0.15, 0.2) is 5.75 Å². The zero-order chi connectivity index (χ0) is 22.8. The molecule has 1 aliphatic carbocycles. The minimum absolute atomic E-state index is 0.0808.